The molecule has 0 spiro atoms. The monoisotopic (exact) mass is 491 g/mol. The summed E-state index contributed by atoms with van der Waals surface area (Å²) in [6.07, 6.45) is 1.14. The quantitative estimate of drug-likeness (QED) is 0.264. The smallest absolute Gasteiger partial charge is 0.311 e. The number of esters is 1. The molecule has 0 radical (unpaired) electrons. The number of halogens is 1. The Bertz CT molecular complexity index is 824. The van der Waals surface area contributed by atoms with Crippen LogP contribution in [0, 0.1) is 5.41 Å². The van der Waals surface area contributed by atoms with E-state index < -0.39 is 5.41 Å². The fraction of sp³-hybridized carbons (Fsp3) is 0.417. The van der Waals surface area contributed by atoms with Gasteiger partial charge in [-0.25, -0.2) is 0 Å². The number of carbonyl (C=O) groups is 2. The first kappa shape index (κ1) is 24.9. The van der Waals surface area contributed by atoms with Crippen LogP contribution in [-0.4, -0.2) is 36.7 Å². The van der Waals surface area contributed by atoms with Gasteiger partial charge in [-0.2, -0.15) is 0 Å². The molecule has 2 aromatic rings. The second kappa shape index (κ2) is 12.5. The third-order valence-corrected chi connectivity index (χ3v) is 5.61. The van der Waals surface area contributed by atoms with E-state index in [1.165, 1.54) is 0 Å². The van der Waals surface area contributed by atoms with Crippen LogP contribution in [0.2, 0.25) is 0 Å². The second-order valence-electron chi connectivity index (χ2n) is 7.90. The van der Waals surface area contributed by atoms with Crippen LogP contribution < -0.4 is 10.1 Å². The number of hydrogen-bond acceptors (Lipinski definition) is 5. The predicted molar refractivity (Wildman–Crippen MR) is 123 cm³/mol. The number of amides is 1. The van der Waals surface area contributed by atoms with Crippen LogP contribution in [0.25, 0.3) is 0 Å². The van der Waals surface area contributed by atoms with Crippen molar-refractivity contribution in [1.29, 1.82) is 0 Å². The summed E-state index contributed by atoms with van der Waals surface area (Å²) in [5.41, 5.74) is 1.27. The molecule has 1 amide bonds. The number of nitrogens with one attached hydrogen (secondary N) is 1. The Morgan fingerprint density at radius 3 is 2.42 bits per heavy atom. The summed E-state index contributed by atoms with van der Waals surface area (Å²) in [5, 5.41) is 11.8. The minimum Gasteiger partial charge on any atom is -0.484 e. The molecule has 0 saturated carbocycles. The van der Waals surface area contributed by atoms with E-state index in [2.05, 4.69) is 21.2 Å². The molecule has 6 nitrogen and oxygen atoms in total. The average molecular weight is 492 g/mol. The first-order valence-corrected chi connectivity index (χ1v) is 11.2. The Labute approximate surface area is 192 Å². The average Bonchev–Trinajstić information content (AvgIpc) is 2.78. The predicted octanol–water partition coefficient (Wildman–Crippen LogP) is 4.16. The van der Waals surface area contributed by atoms with Crippen LogP contribution in [0.3, 0.4) is 0 Å². The minimum atomic E-state index is -0.632. The molecule has 1 unspecified atom stereocenters. The van der Waals surface area contributed by atoms with Crippen molar-refractivity contribution in [1.82, 2.24) is 5.32 Å². The SMILES string of the molecule is CC(C)(CC(Br)c1ccccc1)C(=O)OCCCNC(=O)COc1ccc(CO)cc1. The summed E-state index contributed by atoms with van der Waals surface area (Å²) in [6, 6.07) is 16.8. The molecule has 0 aliphatic carbocycles. The van der Waals surface area contributed by atoms with Crippen molar-refractivity contribution in [3.63, 3.8) is 0 Å². The lowest BCUT2D eigenvalue weighted by Gasteiger charge is -2.25. The molecule has 31 heavy (non-hydrogen) atoms. The molecule has 2 rings (SSSR count). The van der Waals surface area contributed by atoms with Crippen molar-refractivity contribution in [3.05, 3.63) is 65.7 Å². The van der Waals surface area contributed by atoms with Crippen LogP contribution in [0.15, 0.2) is 54.6 Å². The van der Waals surface area contributed by atoms with Gasteiger partial charge >= 0.3 is 5.97 Å². The molecule has 0 aliphatic rings. The summed E-state index contributed by atoms with van der Waals surface area (Å²) in [4.78, 5) is 24.4. The molecule has 1 atom stereocenters. The van der Waals surface area contributed by atoms with Gasteiger partial charge in [-0.3, -0.25) is 9.59 Å². The number of carbonyl (C=O) groups excluding carboxylic acids is 2. The number of hydrogen-bond donors (Lipinski definition) is 2. The summed E-state index contributed by atoms with van der Waals surface area (Å²) >= 11 is 3.66. The highest BCUT2D eigenvalue weighted by Gasteiger charge is 2.32. The van der Waals surface area contributed by atoms with Gasteiger partial charge in [-0.15, -0.1) is 0 Å². The van der Waals surface area contributed by atoms with Crippen molar-refractivity contribution < 1.29 is 24.2 Å². The van der Waals surface area contributed by atoms with Crippen molar-refractivity contribution >= 4 is 27.8 Å². The number of benzene rings is 2. The maximum Gasteiger partial charge on any atom is 0.311 e. The van der Waals surface area contributed by atoms with E-state index in [0.29, 0.717) is 25.1 Å². The van der Waals surface area contributed by atoms with Crippen molar-refractivity contribution in [2.75, 3.05) is 19.8 Å². The summed E-state index contributed by atoms with van der Waals surface area (Å²) < 4.78 is 10.8. The number of ether oxygens (including phenoxy) is 2. The minimum absolute atomic E-state index is 0.0355. The zero-order chi connectivity index (χ0) is 22.7. The normalized spacial score (nSPS) is 12.1. The third kappa shape index (κ3) is 8.71. The Morgan fingerprint density at radius 1 is 1.10 bits per heavy atom. The fourth-order valence-corrected chi connectivity index (χ4v) is 3.98. The van der Waals surface area contributed by atoms with E-state index in [0.717, 1.165) is 11.1 Å². The van der Waals surface area contributed by atoms with Crippen LogP contribution >= 0.6 is 15.9 Å². The molecule has 2 aromatic carbocycles. The highest BCUT2D eigenvalue weighted by atomic mass is 79.9. The summed E-state index contributed by atoms with van der Waals surface area (Å²) in [6.45, 7) is 4.25. The van der Waals surface area contributed by atoms with Crippen LogP contribution in [-0.2, 0) is 20.9 Å². The standard InChI is InChI=1S/C24H30BrNO5/c1-24(2,15-21(25)19-7-4-3-5-8-19)23(29)30-14-6-13-26-22(28)17-31-20-11-9-18(16-27)10-12-20/h3-5,7-12,21,27H,6,13-17H2,1-2H3,(H,26,28). The molecular weight excluding hydrogens is 462 g/mol. The Kier molecular flexibility index (Phi) is 10.0. The molecule has 0 heterocycles. The second-order valence-corrected chi connectivity index (χ2v) is 9.00. The van der Waals surface area contributed by atoms with E-state index in [9.17, 15) is 9.59 Å². The van der Waals surface area contributed by atoms with Gasteiger partial charge in [0.25, 0.3) is 5.91 Å². The van der Waals surface area contributed by atoms with Crippen molar-refractivity contribution in [2.24, 2.45) is 5.41 Å². The lowest BCUT2D eigenvalue weighted by molar-refractivity contribution is -0.154. The number of rotatable bonds is 12. The molecule has 0 fully saturated rings. The highest BCUT2D eigenvalue weighted by Crippen LogP contribution is 2.36. The van der Waals surface area contributed by atoms with E-state index in [4.69, 9.17) is 14.6 Å². The number of alkyl halides is 1. The van der Waals surface area contributed by atoms with Gasteiger partial charge in [0, 0.05) is 11.4 Å². The van der Waals surface area contributed by atoms with E-state index in [1.807, 2.05) is 44.2 Å². The lowest BCUT2D eigenvalue weighted by Crippen LogP contribution is -2.31. The number of aliphatic hydroxyl groups is 1. The Hall–Kier alpha value is -2.38. The van der Waals surface area contributed by atoms with Gasteiger partial charge in [0.15, 0.2) is 6.61 Å². The first-order chi connectivity index (χ1) is 14.8. The molecule has 7 heteroatoms. The fourth-order valence-electron chi connectivity index (χ4n) is 2.86. The Morgan fingerprint density at radius 2 is 1.77 bits per heavy atom. The summed E-state index contributed by atoms with van der Waals surface area (Å²) in [7, 11) is 0. The topological polar surface area (TPSA) is 84.9 Å². The van der Waals surface area contributed by atoms with Gasteiger partial charge in [-0.1, -0.05) is 58.4 Å². The van der Waals surface area contributed by atoms with Gasteiger partial charge in [0.1, 0.15) is 5.75 Å². The van der Waals surface area contributed by atoms with Crippen molar-refractivity contribution in [3.8, 4) is 5.75 Å². The maximum atomic E-state index is 12.5. The number of aliphatic hydroxyl groups excluding tert-OH is 1. The van der Waals surface area contributed by atoms with E-state index in [1.54, 1.807) is 24.3 Å². The van der Waals surface area contributed by atoms with Gasteiger partial charge in [-0.05, 0) is 49.9 Å². The molecule has 0 bridgehead atoms. The molecule has 2 N–H and O–H groups in total. The summed E-state index contributed by atoms with van der Waals surface area (Å²) in [5.74, 6) is 0.0564. The van der Waals surface area contributed by atoms with E-state index in [-0.39, 0.29) is 36.5 Å². The highest BCUT2D eigenvalue weighted by molar-refractivity contribution is 9.09. The van der Waals surface area contributed by atoms with Crippen LogP contribution in [0.1, 0.15) is 42.6 Å². The van der Waals surface area contributed by atoms with E-state index >= 15 is 0 Å². The molecule has 0 saturated heterocycles. The van der Waals surface area contributed by atoms with Crippen LogP contribution in [0.4, 0.5) is 0 Å². The Balaban J connectivity index is 1.62. The molecule has 0 aromatic heterocycles. The van der Waals surface area contributed by atoms with Gasteiger partial charge in [0.05, 0.1) is 18.6 Å². The van der Waals surface area contributed by atoms with Gasteiger partial charge < -0.3 is 19.9 Å². The largest absolute Gasteiger partial charge is 0.484 e. The third-order valence-electron chi connectivity index (χ3n) is 4.76. The maximum absolute atomic E-state index is 12.5. The zero-order valence-corrected chi connectivity index (χ0v) is 19.6. The van der Waals surface area contributed by atoms with Crippen LogP contribution in [0.5, 0.6) is 5.75 Å². The van der Waals surface area contributed by atoms with Gasteiger partial charge in [0.2, 0.25) is 0 Å². The molecule has 0 aliphatic heterocycles. The zero-order valence-electron chi connectivity index (χ0n) is 18.0. The van der Waals surface area contributed by atoms with Crippen molar-refractivity contribution in [2.45, 2.75) is 38.1 Å². The lowest BCUT2D eigenvalue weighted by atomic mass is 9.86. The first-order valence-electron chi connectivity index (χ1n) is 10.3. The molecular formula is C24H30BrNO5. The molecule has 168 valence electrons.